The number of allylic oxidation sites excluding steroid dienone is 7. The lowest BCUT2D eigenvalue weighted by molar-refractivity contribution is 0.104. The number of aliphatic hydroxyl groups is 1. The first-order chi connectivity index (χ1) is 15.2. The average molecular weight is 415 g/mol. The van der Waals surface area contributed by atoms with Crippen molar-refractivity contribution < 1.29 is 14.6 Å². The third-order valence-corrected chi connectivity index (χ3v) is 5.10. The molecule has 3 nitrogen and oxygen atoms in total. The highest BCUT2D eigenvalue weighted by Crippen LogP contribution is 2.21. The van der Waals surface area contributed by atoms with E-state index in [1.165, 1.54) is 5.57 Å². The molecule has 160 valence electrons. The van der Waals surface area contributed by atoms with Crippen molar-refractivity contribution >= 4 is 11.9 Å². The molecule has 0 atom stereocenters. The monoisotopic (exact) mass is 414 g/mol. The smallest absolute Gasteiger partial charge is 0.185 e. The molecule has 0 heterocycles. The maximum Gasteiger partial charge on any atom is 0.185 e. The Morgan fingerprint density at radius 2 is 1.71 bits per heavy atom. The number of ketones is 1. The van der Waals surface area contributed by atoms with Crippen LogP contribution in [0, 0.1) is 0 Å². The molecule has 3 rings (SSSR count). The highest BCUT2D eigenvalue weighted by Gasteiger charge is 2.03. The Labute approximate surface area is 185 Å². The van der Waals surface area contributed by atoms with Crippen LogP contribution < -0.4 is 4.74 Å². The number of unbranched alkanes of at least 4 members (excludes halogenated alkanes) is 3. The number of rotatable bonds is 11. The Bertz CT molecular complexity index is 948. The van der Waals surface area contributed by atoms with Crippen molar-refractivity contribution in [3.05, 3.63) is 107 Å². The zero-order valence-electron chi connectivity index (χ0n) is 17.9. The zero-order chi connectivity index (χ0) is 21.7. The highest BCUT2D eigenvalue weighted by molar-refractivity contribution is 6.04. The van der Waals surface area contributed by atoms with Gasteiger partial charge in [-0.05, 0) is 60.6 Å². The predicted molar refractivity (Wildman–Crippen MR) is 127 cm³/mol. The largest absolute Gasteiger partial charge is 0.494 e. The Kier molecular flexibility index (Phi) is 9.08. The molecule has 1 N–H and O–H groups in total. The first-order valence-electron chi connectivity index (χ1n) is 10.9. The van der Waals surface area contributed by atoms with Crippen molar-refractivity contribution in [3.8, 4) is 5.75 Å². The SMILES string of the molecule is O=C(C=CC1=CCC(=Cc2ccc(OCCCCCCO)cc2)C=C1)c1ccccc1. The quantitative estimate of drug-likeness (QED) is 0.266. The van der Waals surface area contributed by atoms with Gasteiger partial charge in [-0.25, -0.2) is 0 Å². The van der Waals surface area contributed by atoms with Gasteiger partial charge in [-0.1, -0.05) is 79.3 Å². The molecule has 0 unspecified atom stereocenters. The number of aliphatic hydroxyl groups excluding tert-OH is 1. The molecule has 0 spiro atoms. The first-order valence-corrected chi connectivity index (χ1v) is 10.9. The van der Waals surface area contributed by atoms with Gasteiger partial charge >= 0.3 is 0 Å². The molecule has 2 aromatic carbocycles. The van der Waals surface area contributed by atoms with Crippen LogP contribution in [0.25, 0.3) is 6.08 Å². The van der Waals surface area contributed by atoms with Gasteiger partial charge in [0.2, 0.25) is 0 Å². The third-order valence-electron chi connectivity index (χ3n) is 5.10. The van der Waals surface area contributed by atoms with Crippen molar-refractivity contribution in [2.45, 2.75) is 32.1 Å². The van der Waals surface area contributed by atoms with Gasteiger partial charge in [0.05, 0.1) is 6.61 Å². The van der Waals surface area contributed by atoms with Gasteiger partial charge in [0.15, 0.2) is 5.78 Å². The molecule has 0 amide bonds. The zero-order valence-corrected chi connectivity index (χ0v) is 17.9. The second kappa shape index (κ2) is 12.5. The van der Waals surface area contributed by atoms with Crippen LogP contribution in [0.2, 0.25) is 0 Å². The minimum atomic E-state index is 0.0173. The minimum Gasteiger partial charge on any atom is -0.494 e. The fourth-order valence-corrected chi connectivity index (χ4v) is 3.31. The Hall–Kier alpha value is -3.17. The van der Waals surface area contributed by atoms with Crippen molar-refractivity contribution in [1.29, 1.82) is 0 Å². The van der Waals surface area contributed by atoms with E-state index in [4.69, 9.17) is 9.84 Å². The van der Waals surface area contributed by atoms with Crippen LogP contribution in [0.4, 0.5) is 0 Å². The fourth-order valence-electron chi connectivity index (χ4n) is 3.31. The number of ether oxygens (including phenoxy) is 1. The first kappa shape index (κ1) is 22.5. The van der Waals surface area contributed by atoms with Crippen molar-refractivity contribution in [1.82, 2.24) is 0 Å². The van der Waals surface area contributed by atoms with E-state index in [2.05, 4.69) is 30.4 Å². The van der Waals surface area contributed by atoms with Gasteiger partial charge in [0, 0.05) is 12.2 Å². The van der Waals surface area contributed by atoms with E-state index in [1.54, 1.807) is 6.08 Å². The molecular weight excluding hydrogens is 384 g/mol. The van der Waals surface area contributed by atoms with Crippen LogP contribution >= 0.6 is 0 Å². The summed E-state index contributed by atoms with van der Waals surface area (Å²) in [6.45, 7) is 0.983. The van der Waals surface area contributed by atoms with E-state index >= 15 is 0 Å². The van der Waals surface area contributed by atoms with Gasteiger partial charge in [0.25, 0.3) is 0 Å². The normalized spacial score (nSPS) is 14.7. The summed E-state index contributed by atoms with van der Waals surface area (Å²) in [6, 6.07) is 17.5. The molecule has 0 aromatic heterocycles. The number of hydrogen-bond acceptors (Lipinski definition) is 3. The van der Waals surface area contributed by atoms with E-state index in [1.807, 2.05) is 54.6 Å². The lowest BCUT2D eigenvalue weighted by Gasteiger charge is -2.08. The number of hydrogen-bond donors (Lipinski definition) is 1. The number of carbonyl (C=O) groups excluding carboxylic acids is 1. The minimum absolute atomic E-state index is 0.0173. The highest BCUT2D eigenvalue weighted by atomic mass is 16.5. The molecule has 0 bridgehead atoms. The Morgan fingerprint density at radius 1 is 0.935 bits per heavy atom. The van der Waals surface area contributed by atoms with Crippen LogP contribution in [-0.2, 0) is 0 Å². The molecule has 1 aliphatic rings. The molecule has 1 aliphatic carbocycles. The van der Waals surface area contributed by atoms with Gasteiger partial charge in [-0.15, -0.1) is 0 Å². The molecule has 0 radical (unpaired) electrons. The van der Waals surface area contributed by atoms with Crippen LogP contribution in [0.5, 0.6) is 5.75 Å². The van der Waals surface area contributed by atoms with Crippen LogP contribution in [0.15, 0.2) is 96.1 Å². The topological polar surface area (TPSA) is 46.5 Å². The van der Waals surface area contributed by atoms with Crippen molar-refractivity contribution in [2.75, 3.05) is 13.2 Å². The Morgan fingerprint density at radius 3 is 2.42 bits per heavy atom. The summed E-state index contributed by atoms with van der Waals surface area (Å²) in [4.78, 5) is 12.2. The summed E-state index contributed by atoms with van der Waals surface area (Å²) in [7, 11) is 0. The lowest BCUT2D eigenvalue weighted by atomic mass is 9.99. The molecule has 0 aliphatic heterocycles. The lowest BCUT2D eigenvalue weighted by Crippen LogP contribution is -1.97. The third kappa shape index (κ3) is 7.88. The summed E-state index contributed by atoms with van der Waals surface area (Å²) in [6.07, 6.45) is 16.8. The number of benzene rings is 2. The summed E-state index contributed by atoms with van der Waals surface area (Å²) < 4.78 is 5.78. The second-order valence-corrected chi connectivity index (χ2v) is 7.58. The molecule has 0 saturated carbocycles. The van der Waals surface area contributed by atoms with E-state index in [0.717, 1.165) is 49.0 Å². The van der Waals surface area contributed by atoms with Crippen LogP contribution in [0.3, 0.4) is 0 Å². The summed E-state index contributed by atoms with van der Waals surface area (Å²) in [5.41, 5.74) is 4.11. The van der Waals surface area contributed by atoms with E-state index < -0.39 is 0 Å². The standard InChI is InChI=1S/C28H30O3/c29-20-6-1-2-7-21-31-27-17-14-25(15-18-27)22-24-12-10-23(11-13-24)16-19-28(30)26-8-4-3-5-9-26/h3-5,8-12,14-19,22,29H,1-2,6-7,13,20-21H2. The van der Waals surface area contributed by atoms with E-state index in [-0.39, 0.29) is 12.4 Å². The molecule has 2 aromatic rings. The average Bonchev–Trinajstić information content (AvgIpc) is 2.82. The molecule has 0 saturated heterocycles. The van der Waals surface area contributed by atoms with Crippen LogP contribution in [-0.4, -0.2) is 24.1 Å². The van der Waals surface area contributed by atoms with Crippen molar-refractivity contribution in [3.63, 3.8) is 0 Å². The van der Waals surface area contributed by atoms with Gasteiger partial charge in [-0.2, -0.15) is 0 Å². The van der Waals surface area contributed by atoms with Gasteiger partial charge in [-0.3, -0.25) is 4.79 Å². The van der Waals surface area contributed by atoms with Gasteiger partial charge in [0.1, 0.15) is 5.75 Å². The molecule has 0 fully saturated rings. The maximum absolute atomic E-state index is 12.2. The maximum atomic E-state index is 12.2. The van der Waals surface area contributed by atoms with E-state index in [9.17, 15) is 4.79 Å². The Balaban J connectivity index is 1.46. The van der Waals surface area contributed by atoms with E-state index in [0.29, 0.717) is 12.2 Å². The summed E-state index contributed by atoms with van der Waals surface area (Å²) >= 11 is 0. The summed E-state index contributed by atoms with van der Waals surface area (Å²) in [5.74, 6) is 0.905. The second-order valence-electron chi connectivity index (χ2n) is 7.58. The molecular formula is C28H30O3. The molecule has 31 heavy (non-hydrogen) atoms. The number of carbonyl (C=O) groups is 1. The van der Waals surface area contributed by atoms with Crippen LogP contribution in [0.1, 0.15) is 48.0 Å². The van der Waals surface area contributed by atoms with Gasteiger partial charge < -0.3 is 9.84 Å². The van der Waals surface area contributed by atoms with Crippen molar-refractivity contribution in [2.24, 2.45) is 0 Å². The fraction of sp³-hybridized carbons (Fsp3) is 0.250. The summed E-state index contributed by atoms with van der Waals surface area (Å²) in [5, 5.41) is 8.78. The predicted octanol–water partition coefficient (Wildman–Crippen LogP) is 6.33. The molecule has 3 heteroatoms.